The van der Waals surface area contributed by atoms with Crippen LogP contribution in [0.25, 0.3) is 0 Å². The van der Waals surface area contributed by atoms with E-state index in [0.29, 0.717) is 10.00 Å². The van der Waals surface area contributed by atoms with Gasteiger partial charge >= 0.3 is 0 Å². The van der Waals surface area contributed by atoms with Crippen LogP contribution in [0.15, 0.2) is 4.90 Å². The van der Waals surface area contributed by atoms with E-state index in [1.807, 2.05) is 0 Å². The minimum Gasteiger partial charge on any atom is -0.271 e. The summed E-state index contributed by atoms with van der Waals surface area (Å²) in [7, 11) is -2.42. The maximum Gasteiger partial charge on any atom is 0.252 e. The predicted molar refractivity (Wildman–Crippen MR) is 68.2 cm³/mol. The number of aromatic nitrogens is 2. The van der Waals surface area contributed by atoms with Gasteiger partial charge in [0.2, 0.25) is 10.0 Å². The summed E-state index contributed by atoms with van der Waals surface area (Å²) in [5.74, 6) is -0.0513. The molecule has 0 radical (unpaired) electrons. The topological polar surface area (TPSA) is 55.2 Å². The second-order valence-electron chi connectivity index (χ2n) is 4.07. The van der Waals surface area contributed by atoms with Gasteiger partial charge in [-0.15, -0.1) is 11.6 Å². The van der Waals surface area contributed by atoms with Gasteiger partial charge in [0.15, 0.2) is 0 Å². The van der Waals surface area contributed by atoms with Gasteiger partial charge in [0, 0.05) is 19.5 Å². The van der Waals surface area contributed by atoms with Crippen LogP contribution in [0.1, 0.15) is 11.4 Å². The minimum atomic E-state index is -4.01. The molecular formula is C10H16ClF2N3O2S. The maximum absolute atomic E-state index is 12.5. The molecule has 0 spiro atoms. The van der Waals surface area contributed by atoms with Gasteiger partial charge in [-0.1, -0.05) is 0 Å². The fourth-order valence-corrected chi connectivity index (χ4v) is 3.94. The predicted octanol–water partition coefficient (Wildman–Crippen LogP) is 1.53. The summed E-state index contributed by atoms with van der Waals surface area (Å²) in [5.41, 5.74) is 0.695. The van der Waals surface area contributed by atoms with Crippen LogP contribution in [-0.2, 0) is 17.1 Å². The Morgan fingerprint density at radius 3 is 2.37 bits per heavy atom. The van der Waals surface area contributed by atoms with E-state index in [1.165, 1.54) is 11.6 Å². The van der Waals surface area contributed by atoms with Crippen LogP contribution in [0.3, 0.4) is 0 Å². The lowest BCUT2D eigenvalue weighted by molar-refractivity contribution is 0.121. The van der Waals surface area contributed by atoms with Crippen molar-refractivity contribution in [3.8, 4) is 0 Å². The number of hydrogen-bond acceptors (Lipinski definition) is 3. The Morgan fingerprint density at radius 1 is 1.42 bits per heavy atom. The van der Waals surface area contributed by atoms with Crippen LogP contribution in [-0.4, -0.2) is 47.9 Å². The zero-order chi connectivity index (χ0) is 14.8. The average molecular weight is 316 g/mol. The number of nitrogens with zero attached hydrogens (tertiary/aromatic N) is 3. The van der Waals surface area contributed by atoms with Crippen molar-refractivity contribution in [2.75, 3.05) is 19.0 Å². The van der Waals surface area contributed by atoms with E-state index in [0.717, 1.165) is 0 Å². The molecular weight excluding hydrogens is 300 g/mol. The molecule has 0 N–H and O–H groups in total. The van der Waals surface area contributed by atoms with E-state index in [-0.39, 0.29) is 23.0 Å². The molecule has 110 valence electrons. The summed E-state index contributed by atoms with van der Waals surface area (Å²) >= 11 is 5.49. The Balaban J connectivity index is 3.26. The van der Waals surface area contributed by atoms with Crippen molar-refractivity contribution in [2.45, 2.75) is 25.2 Å². The highest BCUT2D eigenvalue weighted by atomic mass is 35.5. The molecule has 0 saturated heterocycles. The van der Waals surface area contributed by atoms with Crippen molar-refractivity contribution in [3.63, 3.8) is 0 Å². The lowest BCUT2D eigenvalue weighted by Crippen LogP contribution is -2.37. The van der Waals surface area contributed by atoms with E-state index >= 15 is 0 Å². The van der Waals surface area contributed by atoms with E-state index < -0.39 is 23.0 Å². The van der Waals surface area contributed by atoms with E-state index in [2.05, 4.69) is 5.10 Å². The first kappa shape index (κ1) is 16.3. The average Bonchev–Trinajstić information content (AvgIpc) is 2.52. The van der Waals surface area contributed by atoms with Gasteiger partial charge in [-0.3, -0.25) is 4.68 Å². The molecule has 0 fully saturated rings. The number of hydrogen-bond donors (Lipinski definition) is 0. The second kappa shape index (κ2) is 6.15. The van der Waals surface area contributed by atoms with Gasteiger partial charge in [0.05, 0.1) is 17.9 Å². The van der Waals surface area contributed by atoms with Gasteiger partial charge in [0.25, 0.3) is 6.43 Å². The molecule has 0 aliphatic carbocycles. The Bertz CT molecular complexity index is 545. The van der Waals surface area contributed by atoms with Crippen LogP contribution in [0.5, 0.6) is 0 Å². The van der Waals surface area contributed by atoms with E-state index in [4.69, 9.17) is 11.6 Å². The number of halogens is 3. The molecule has 9 heteroatoms. The molecule has 0 aliphatic heterocycles. The standard InChI is InChI=1S/C10H16ClF2N3O2S/c1-7-10(8(2)15(3)14-7)19(17,18)16(5-4-11)6-9(12)13/h9H,4-6H2,1-3H3. The highest BCUT2D eigenvalue weighted by molar-refractivity contribution is 7.89. The van der Waals surface area contributed by atoms with E-state index in [1.54, 1.807) is 14.0 Å². The summed E-state index contributed by atoms with van der Waals surface area (Å²) < 4.78 is 51.9. The quantitative estimate of drug-likeness (QED) is 0.748. The van der Waals surface area contributed by atoms with Gasteiger partial charge in [-0.2, -0.15) is 9.40 Å². The Kier molecular flexibility index (Phi) is 5.28. The number of rotatable bonds is 6. The van der Waals surface area contributed by atoms with Crippen LogP contribution in [0.4, 0.5) is 8.78 Å². The molecule has 0 amide bonds. The Hall–Kier alpha value is -0.730. The van der Waals surface area contributed by atoms with Crippen molar-refractivity contribution < 1.29 is 17.2 Å². The molecule has 0 atom stereocenters. The Morgan fingerprint density at radius 2 is 2.00 bits per heavy atom. The lowest BCUT2D eigenvalue weighted by atomic mass is 10.4. The van der Waals surface area contributed by atoms with Crippen molar-refractivity contribution in [1.29, 1.82) is 0 Å². The monoisotopic (exact) mass is 315 g/mol. The normalized spacial score (nSPS) is 12.6. The van der Waals surface area contributed by atoms with Gasteiger partial charge < -0.3 is 0 Å². The fourth-order valence-electron chi connectivity index (χ4n) is 1.81. The second-order valence-corrected chi connectivity index (χ2v) is 6.32. The minimum absolute atomic E-state index is 0.0271. The number of alkyl halides is 3. The first-order valence-electron chi connectivity index (χ1n) is 5.56. The molecule has 0 aliphatic rings. The van der Waals surface area contributed by atoms with Crippen LogP contribution < -0.4 is 0 Å². The molecule has 0 saturated carbocycles. The molecule has 1 aromatic heterocycles. The third-order valence-corrected chi connectivity index (χ3v) is 5.00. The summed E-state index contributed by atoms with van der Waals surface area (Å²) in [6, 6.07) is 0. The first-order valence-corrected chi connectivity index (χ1v) is 7.53. The van der Waals surface area contributed by atoms with E-state index in [9.17, 15) is 17.2 Å². The highest BCUT2D eigenvalue weighted by Crippen LogP contribution is 2.23. The van der Waals surface area contributed by atoms with Crippen LogP contribution in [0.2, 0.25) is 0 Å². The largest absolute Gasteiger partial charge is 0.271 e. The summed E-state index contributed by atoms with van der Waals surface area (Å²) in [4.78, 5) is -0.0271. The molecule has 0 aromatic carbocycles. The van der Waals surface area contributed by atoms with Gasteiger partial charge in [0.1, 0.15) is 4.90 Å². The molecule has 1 heterocycles. The van der Waals surface area contributed by atoms with Crippen molar-refractivity contribution >= 4 is 21.6 Å². The van der Waals surface area contributed by atoms with Crippen molar-refractivity contribution in [2.24, 2.45) is 7.05 Å². The zero-order valence-corrected chi connectivity index (χ0v) is 12.5. The Labute approximate surface area is 116 Å². The summed E-state index contributed by atoms with van der Waals surface area (Å²) in [6.07, 6.45) is -2.75. The molecule has 19 heavy (non-hydrogen) atoms. The first-order chi connectivity index (χ1) is 8.71. The molecule has 1 aromatic rings. The number of aryl methyl sites for hydroxylation is 2. The van der Waals surface area contributed by atoms with Gasteiger partial charge in [-0.05, 0) is 13.8 Å². The molecule has 5 nitrogen and oxygen atoms in total. The van der Waals surface area contributed by atoms with Gasteiger partial charge in [-0.25, -0.2) is 17.2 Å². The smallest absolute Gasteiger partial charge is 0.252 e. The fraction of sp³-hybridized carbons (Fsp3) is 0.700. The third-order valence-electron chi connectivity index (χ3n) is 2.72. The summed E-state index contributed by atoms with van der Waals surface area (Å²) in [5, 5.41) is 3.99. The lowest BCUT2D eigenvalue weighted by Gasteiger charge is -2.20. The SMILES string of the molecule is Cc1nn(C)c(C)c1S(=O)(=O)N(CCCl)CC(F)F. The number of sulfonamides is 1. The maximum atomic E-state index is 12.5. The van der Waals surface area contributed by atoms with Crippen molar-refractivity contribution in [3.05, 3.63) is 11.4 Å². The summed E-state index contributed by atoms with van der Waals surface area (Å²) in [6.45, 7) is 2.07. The molecule has 0 unspecified atom stereocenters. The third kappa shape index (κ3) is 3.43. The molecule has 0 bridgehead atoms. The zero-order valence-electron chi connectivity index (χ0n) is 10.9. The molecule has 1 rings (SSSR count). The highest BCUT2D eigenvalue weighted by Gasteiger charge is 2.31. The van der Waals surface area contributed by atoms with Crippen LogP contribution >= 0.6 is 11.6 Å². The van der Waals surface area contributed by atoms with Crippen molar-refractivity contribution in [1.82, 2.24) is 14.1 Å². The van der Waals surface area contributed by atoms with Crippen LogP contribution in [0, 0.1) is 13.8 Å².